The second-order valence-electron chi connectivity index (χ2n) is 6.01. The van der Waals surface area contributed by atoms with Crippen LogP contribution in [0.2, 0.25) is 0 Å². The fraction of sp³-hybridized carbons (Fsp3) is 0.167. The van der Waals surface area contributed by atoms with E-state index < -0.39 is 10.0 Å². The van der Waals surface area contributed by atoms with Crippen molar-refractivity contribution in [3.63, 3.8) is 0 Å². The van der Waals surface area contributed by atoms with Crippen molar-refractivity contribution in [1.29, 1.82) is 0 Å². The molecule has 2 atom stereocenters. The molecule has 1 aliphatic rings. The summed E-state index contributed by atoms with van der Waals surface area (Å²) in [5, 5.41) is 5.12. The van der Waals surface area contributed by atoms with Crippen LogP contribution in [-0.2, 0) is 10.0 Å². The number of hydrogen-bond acceptors (Lipinski definition) is 4. The summed E-state index contributed by atoms with van der Waals surface area (Å²) in [5.74, 6) is 1.28. The third-order valence-electron chi connectivity index (χ3n) is 4.35. The van der Waals surface area contributed by atoms with Crippen LogP contribution in [-0.4, -0.2) is 13.4 Å². The zero-order chi connectivity index (χ0) is 16.7. The Labute approximate surface area is 140 Å². The second-order valence-corrected chi connectivity index (χ2v) is 7.57. The average molecular weight is 340 g/mol. The first-order chi connectivity index (χ1) is 11.5. The first-order valence-corrected chi connectivity index (χ1v) is 9.20. The molecule has 1 fully saturated rings. The molecule has 6 heteroatoms. The summed E-state index contributed by atoms with van der Waals surface area (Å²) in [6.45, 7) is 0. The molecule has 0 bridgehead atoms. The van der Waals surface area contributed by atoms with E-state index in [1.165, 1.54) is 0 Å². The van der Waals surface area contributed by atoms with Gasteiger partial charge >= 0.3 is 0 Å². The Morgan fingerprint density at radius 1 is 1.00 bits per heavy atom. The first-order valence-electron chi connectivity index (χ1n) is 7.66. The van der Waals surface area contributed by atoms with E-state index in [-0.39, 0.29) is 4.90 Å². The molecule has 0 aliphatic heterocycles. The predicted octanol–water partition coefficient (Wildman–Crippen LogP) is 3.26. The highest BCUT2D eigenvalue weighted by molar-refractivity contribution is 7.89. The summed E-state index contributed by atoms with van der Waals surface area (Å²) < 4.78 is 28.2. The highest BCUT2D eigenvalue weighted by atomic mass is 32.2. The largest absolute Gasteiger partial charge is 0.444 e. The maximum atomic E-state index is 11.3. The predicted molar refractivity (Wildman–Crippen MR) is 89.9 cm³/mol. The number of benzene rings is 2. The third kappa shape index (κ3) is 2.86. The van der Waals surface area contributed by atoms with Gasteiger partial charge in [-0.3, -0.25) is 0 Å². The molecule has 0 radical (unpaired) electrons. The van der Waals surface area contributed by atoms with Crippen molar-refractivity contribution in [2.24, 2.45) is 5.14 Å². The van der Waals surface area contributed by atoms with Crippen molar-refractivity contribution >= 4 is 10.0 Å². The van der Waals surface area contributed by atoms with Crippen LogP contribution in [0.5, 0.6) is 0 Å². The van der Waals surface area contributed by atoms with Gasteiger partial charge in [0, 0.05) is 11.5 Å². The Morgan fingerprint density at radius 3 is 2.38 bits per heavy atom. The minimum Gasteiger partial charge on any atom is -0.444 e. The Hall–Kier alpha value is -2.44. The minimum atomic E-state index is -3.65. The molecule has 1 heterocycles. The molecule has 1 saturated carbocycles. The molecule has 0 amide bonds. The molecular formula is C18H16N2O3S. The van der Waals surface area contributed by atoms with E-state index in [2.05, 4.69) is 4.98 Å². The molecule has 3 aromatic rings. The molecule has 122 valence electrons. The molecule has 24 heavy (non-hydrogen) atoms. The van der Waals surface area contributed by atoms with Crippen LogP contribution < -0.4 is 5.14 Å². The zero-order valence-electron chi connectivity index (χ0n) is 12.8. The minimum absolute atomic E-state index is 0.135. The fourth-order valence-electron chi connectivity index (χ4n) is 2.96. The Kier molecular flexibility index (Phi) is 3.51. The van der Waals surface area contributed by atoms with E-state index in [1.807, 2.05) is 42.5 Å². The van der Waals surface area contributed by atoms with Gasteiger partial charge in [-0.05, 0) is 42.2 Å². The summed E-state index contributed by atoms with van der Waals surface area (Å²) in [7, 11) is -3.65. The number of primary sulfonamides is 1. The third-order valence-corrected chi connectivity index (χ3v) is 5.28. The lowest BCUT2D eigenvalue weighted by Gasteiger charge is -2.01. The van der Waals surface area contributed by atoms with Gasteiger partial charge < -0.3 is 4.42 Å². The molecule has 2 N–H and O–H groups in total. The zero-order valence-corrected chi connectivity index (χ0v) is 13.6. The van der Waals surface area contributed by atoms with Crippen molar-refractivity contribution in [3.8, 4) is 11.5 Å². The molecule has 5 nitrogen and oxygen atoms in total. The van der Waals surface area contributed by atoms with Gasteiger partial charge in [-0.1, -0.05) is 30.3 Å². The van der Waals surface area contributed by atoms with Gasteiger partial charge in [-0.2, -0.15) is 0 Å². The molecule has 0 spiro atoms. The maximum absolute atomic E-state index is 11.3. The van der Waals surface area contributed by atoms with E-state index in [1.54, 1.807) is 18.4 Å². The summed E-state index contributed by atoms with van der Waals surface area (Å²) in [5.41, 5.74) is 2.99. The van der Waals surface area contributed by atoms with Crippen molar-refractivity contribution in [2.45, 2.75) is 23.2 Å². The summed E-state index contributed by atoms with van der Waals surface area (Å²) >= 11 is 0. The lowest BCUT2D eigenvalue weighted by atomic mass is 10.1. The van der Waals surface area contributed by atoms with Crippen LogP contribution in [0, 0.1) is 0 Å². The van der Waals surface area contributed by atoms with Crippen molar-refractivity contribution in [1.82, 2.24) is 4.98 Å². The van der Waals surface area contributed by atoms with Crippen LogP contribution >= 0.6 is 0 Å². The van der Waals surface area contributed by atoms with E-state index in [9.17, 15) is 8.42 Å². The topological polar surface area (TPSA) is 86.2 Å². The van der Waals surface area contributed by atoms with Crippen molar-refractivity contribution in [3.05, 3.63) is 72.1 Å². The summed E-state index contributed by atoms with van der Waals surface area (Å²) in [6, 6.07) is 16.5. The Bertz CT molecular complexity index is 963. The quantitative estimate of drug-likeness (QED) is 0.790. The number of nitrogens with zero attached hydrogens (tertiary/aromatic N) is 1. The van der Waals surface area contributed by atoms with Crippen LogP contribution in [0.3, 0.4) is 0 Å². The molecule has 0 saturated heterocycles. The monoisotopic (exact) mass is 340 g/mol. The number of sulfonamides is 1. The normalized spacial score (nSPS) is 20.0. The molecule has 1 aliphatic carbocycles. The Balaban J connectivity index is 1.52. The molecule has 4 rings (SSSR count). The summed E-state index contributed by atoms with van der Waals surface area (Å²) in [6.07, 6.45) is 2.70. The van der Waals surface area contributed by atoms with Crippen LogP contribution in [0.25, 0.3) is 11.5 Å². The number of aromatic nitrogens is 1. The van der Waals surface area contributed by atoms with E-state index in [4.69, 9.17) is 9.56 Å². The van der Waals surface area contributed by atoms with Crippen molar-refractivity contribution in [2.75, 3.05) is 0 Å². The SMILES string of the molecule is NS(=O)(=O)c1ccc([C@@H]2C[C@H]2c2coc(-c3ccccc3)n2)cc1. The van der Waals surface area contributed by atoms with Crippen LogP contribution in [0.1, 0.15) is 29.5 Å². The van der Waals surface area contributed by atoms with Crippen LogP contribution in [0.15, 0.2) is 70.2 Å². The van der Waals surface area contributed by atoms with Crippen molar-refractivity contribution < 1.29 is 12.8 Å². The van der Waals surface area contributed by atoms with Gasteiger partial charge in [0.15, 0.2) is 0 Å². The van der Waals surface area contributed by atoms with E-state index in [0.29, 0.717) is 17.7 Å². The maximum Gasteiger partial charge on any atom is 0.238 e. The average Bonchev–Trinajstić information content (AvgIpc) is 3.23. The number of oxazole rings is 1. The lowest BCUT2D eigenvalue weighted by Crippen LogP contribution is -2.11. The summed E-state index contributed by atoms with van der Waals surface area (Å²) in [4.78, 5) is 4.73. The van der Waals surface area contributed by atoms with Gasteiger partial charge in [-0.15, -0.1) is 0 Å². The molecular weight excluding hydrogens is 324 g/mol. The van der Waals surface area contributed by atoms with E-state index >= 15 is 0 Å². The standard InChI is InChI=1S/C18H16N2O3S/c19-24(21,22)14-8-6-12(7-9-14)15-10-16(15)17-11-23-18(20-17)13-4-2-1-3-5-13/h1-9,11,15-16H,10H2,(H2,19,21,22)/t15-,16+/m0/s1. The smallest absolute Gasteiger partial charge is 0.238 e. The number of nitrogens with two attached hydrogens (primary N) is 1. The second kappa shape index (κ2) is 5.58. The molecule has 1 aromatic heterocycles. The fourth-order valence-corrected chi connectivity index (χ4v) is 3.48. The lowest BCUT2D eigenvalue weighted by molar-refractivity contribution is 0.572. The number of hydrogen-bond donors (Lipinski definition) is 1. The van der Waals surface area contributed by atoms with E-state index in [0.717, 1.165) is 23.2 Å². The molecule has 2 aromatic carbocycles. The van der Waals surface area contributed by atoms with Gasteiger partial charge in [0.2, 0.25) is 15.9 Å². The highest BCUT2D eigenvalue weighted by Crippen LogP contribution is 2.54. The van der Waals surface area contributed by atoms with Gasteiger partial charge in [0.1, 0.15) is 6.26 Å². The van der Waals surface area contributed by atoms with Gasteiger partial charge in [-0.25, -0.2) is 18.5 Å². The Morgan fingerprint density at radius 2 is 1.71 bits per heavy atom. The number of rotatable bonds is 4. The van der Waals surface area contributed by atoms with Crippen LogP contribution in [0.4, 0.5) is 0 Å². The highest BCUT2D eigenvalue weighted by Gasteiger charge is 2.41. The molecule has 0 unspecified atom stereocenters. The van der Waals surface area contributed by atoms with Gasteiger partial charge in [0.05, 0.1) is 10.6 Å². The first kappa shape index (κ1) is 15.1. The van der Waals surface area contributed by atoms with Gasteiger partial charge in [0.25, 0.3) is 0 Å².